The highest BCUT2D eigenvalue weighted by molar-refractivity contribution is 5.76. The Balaban J connectivity index is 4.16. The fraction of sp³-hybridized carbons (Fsp3) is 0.923. The van der Waals surface area contributed by atoms with Crippen molar-refractivity contribution in [3.05, 3.63) is 0 Å². The van der Waals surface area contributed by atoms with Crippen molar-refractivity contribution in [3.8, 4) is 0 Å². The van der Waals surface area contributed by atoms with Crippen molar-refractivity contribution in [3.63, 3.8) is 0 Å². The SMILES string of the molecule is CCC(CC)(CO)CC(O)CC(=O)NCC(C)N. The lowest BCUT2D eigenvalue weighted by molar-refractivity contribution is -0.123. The molecule has 5 heteroatoms. The molecular weight excluding hydrogens is 232 g/mol. The van der Waals surface area contributed by atoms with Gasteiger partial charge in [0.25, 0.3) is 0 Å². The molecule has 5 nitrogen and oxygen atoms in total. The number of rotatable bonds is 9. The summed E-state index contributed by atoms with van der Waals surface area (Å²) in [6.07, 6.45) is 1.37. The minimum Gasteiger partial charge on any atom is -0.396 e. The van der Waals surface area contributed by atoms with Gasteiger partial charge in [0.15, 0.2) is 0 Å². The second-order valence-corrected chi connectivity index (χ2v) is 5.21. The van der Waals surface area contributed by atoms with Gasteiger partial charge in [-0.25, -0.2) is 0 Å². The molecule has 0 aromatic heterocycles. The highest BCUT2D eigenvalue weighted by atomic mass is 16.3. The molecule has 0 bridgehead atoms. The van der Waals surface area contributed by atoms with Gasteiger partial charge in [0, 0.05) is 19.2 Å². The molecule has 0 saturated heterocycles. The van der Waals surface area contributed by atoms with E-state index in [9.17, 15) is 15.0 Å². The molecule has 1 amide bonds. The van der Waals surface area contributed by atoms with E-state index < -0.39 is 6.10 Å². The maximum Gasteiger partial charge on any atom is 0.222 e. The minimum absolute atomic E-state index is 0.0402. The summed E-state index contributed by atoms with van der Waals surface area (Å²) >= 11 is 0. The standard InChI is InChI=1S/C13H28N2O3/c1-4-13(5-2,9-16)7-11(17)6-12(18)15-8-10(3)14/h10-11,16-17H,4-9,14H2,1-3H3,(H,15,18). The Morgan fingerprint density at radius 2 is 1.94 bits per heavy atom. The van der Waals surface area contributed by atoms with Crippen LogP contribution in [0.3, 0.4) is 0 Å². The second kappa shape index (κ2) is 8.45. The van der Waals surface area contributed by atoms with Crippen LogP contribution in [0, 0.1) is 5.41 Å². The van der Waals surface area contributed by atoms with E-state index in [1.807, 2.05) is 20.8 Å². The maximum absolute atomic E-state index is 11.5. The number of nitrogens with one attached hydrogen (secondary N) is 1. The molecule has 2 unspecified atom stereocenters. The highest BCUT2D eigenvalue weighted by Crippen LogP contribution is 2.31. The third kappa shape index (κ3) is 6.33. The van der Waals surface area contributed by atoms with Crippen LogP contribution in [0.15, 0.2) is 0 Å². The zero-order valence-electron chi connectivity index (χ0n) is 11.8. The molecule has 0 heterocycles. The average Bonchev–Trinajstić information content (AvgIpc) is 2.33. The molecule has 2 atom stereocenters. The first-order valence-corrected chi connectivity index (χ1v) is 6.70. The molecule has 0 aromatic rings. The molecule has 0 aliphatic rings. The van der Waals surface area contributed by atoms with Crippen LogP contribution in [-0.2, 0) is 4.79 Å². The fourth-order valence-corrected chi connectivity index (χ4v) is 1.96. The Bertz CT molecular complexity index is 232. The Kier molecular flexibility index (Phi) is 8.15. The van der Waals surface area contributed by atoms with Crippen LogP contribution >= 0.6 is 0 Å². The van der Waals surface area contributed by atoms with E-state index in [1.54, 1.807) is 0 Å². The summed E-state index contributed by atoms with van der Waals surface area (Å²) in [5.41, 5.74) is 5.25. The lowest BCUT2D eigenvalue weighted by Gasteiger charge is -2.31. The number of aliphatic hydroxyl groups excluding tert-OH is 2. The first kappa shape index (κ1) is 17.4. The molecule has 0 aliphatic heterocycles. The van der Waals surface area contributed by atoms with E-state index in [4.69, 9.17) is 5.73 Å². The number of amides is 1. The second-order valence-electron chi connectivity index (χ2n) is 5.21. The molecule has 5 N–H and O–H groups in total. The highest BCUT2D eigenvalue weighted by Gasteiger charge is 2.29. The third-order valence-corrected chi connectivity index (χ3v) is 3.55. The van der Waals surface area contributed by atoms with Crippen LogP contribution in [0.5, 0.6) is 0 Å². The maximum atomic E-state index is 11.5. The summed E-state index contributed by atoms with van der Waals surface area (Å²) < 4.78 is 0. The van der Waals surface area contributed by atoms with Gasteiger partial charge in [-0.2, -0.15) is 0 Å². The van der Waals surface area contributed by atoms with Crippen molar-refractivity contribution >= 4 is 5.91 Å². The van der Waals surface area contributed by atoms with Crippen LogP contribution in [0.1, 0.15) is 46.5 Å². The van der Waals surface area contributed by atoms with Crippen molar-refractivity contribution in [1.29, 1.82) is 0 Å². The zero-order chi connectivity index (χ0) is 14.2. The van der Waals surface area contributed by atoms with Crippen LogP contribution in [-0.4, -0.2) is 41.4 Å². The monoisotopic (exact) mass is 260 g/mol. The topological polar surface area (TPSA) is 95.6 Å². The first-order valence-electron chi connectivity index (χ1n) is 6.70. The number of aliphatic hydroxyl groups is 2. The van der Waals surface area contributed by atoms with Crippen LogP contribution in [0.2, 0.25) is 0 Å². The van der Waals surface area contributed by atoms with Crippen LogP contribution < -0.4 is 11.1 Å². The van der Waals surface area contributed by atoms with Crippen LogP contribution in [0.4, 0.5) is 0 Å². The van der Waals surface area contributed by atoms with Gasteiger partial charge in [-0.15, -0.1) is 0 Å². The molecule has 0 aromatic carbocycles. The van der Waals surface area contributed by atoms with Crippen molar-refractivity contribution in [2.24, 2.45) is 11.1 Å². The zero-order valence-corrected chi connectivity index (χ0v) is 11.8. The van der Waals surface area contributed by atoms with Crippen molar-refractivity contribution in [2.75, 3.05) is 13.2 Å². The number of carbonyl (C=O) groups is 1. The summed E-state index contributed by atoms with van der Waals surface area (Å²) in [4.78, 5) is 11.5. The number of hydrogen-bond acceptors (Lipinski definition) is 4. The summed E-state index contributed by atoms with van der Waals surface area (Å²) in [5, 5.41) is 22.0. The van der Waals surface area contributed by atoms with Gasteiger partial charge in [0.2, 0.25) is 5.91 Å². The van der Waals surface area contributed by atoms with Gasteiger partial charge in [-0.1, -0.05) is 13.8 Å². The molecule has 0 spiro atoms. The molecule has 108 valence electrons. The molecule has 0 aliphatic carbocycles. The lowest BCUT2D eigenvalue weighted by Crippen LogP contribution is -2.38. The summed E-state index contributed by atoms with van der Waals surface area (Å²) in [7, 11) is 0. The van der Waals surface area contributed by atoms with Crippen molar-refractivity contribution < 1.29 is 15.0 Å². The Morgan fingerprint density at radius 1 is 1.39 bits per heavy atom. The minimum atomic E-state index is -0.717. The smallest absolute Gasteiger partial charge is 0.222 e. The summed E-state index contributed by atoms with van der Waals surface area (Å²) in [5.74, 6) is -0.196. The third-order valence-electron chi connectivity index (χ3n) is 3.55. The number of hydrogen-bond donors (Lipinski definition) is 4. The van der Waals surface area contributed by atoms with Gasteiger partial charge in [0.05, 0.1) is 12.5 Å². The normalized spacial score (nSPS) is 15.2. The Labute approximate surface area is 110 Å². The quantitative estimate of drug-likeness (QED) is 0.482. The predicted octanol–water partition coefficient (Wildman–Crippen LogP) is 0.390. The van der Waals surface area contributed by atoms with E-state index >= 15 is 0 Å². The molecule has 0 radical (unpaired) electrons. The average molecular weight is 260 g/mol. The van der Waals surface area contributed by atoms with E-state index in [-0.39, 0.29) is 30.4 Å². The van der Waals surface area contributed by atoms with Crippen molar-refractivity contribution in [2.45, 2.75) is 58.6 Å². The molecule has 0 rings (SSSR count). The molecule has 18 heavy (non-hydrogen) atoms. The predicted molar refractivity (Wildman–Crippen MR) is 72.0 cm³/mol. The van der Waals surface area contributed by atoms with E-state index in [0.29, 0.717) is 13.0 Å². The molecule has 0 saturated carbocycles. The van der Waals surface area contributed by atoms with E-state index in [2.05, 4.69) is 5.32 Å². The fourth-order valence-electron chi connectivity index (χ4n) is 1.96. The molecule has 0 fully saturated rings. The Hall–Kier alpha value is -0.650. The van der Waals surface area contributed by atoms with Gasteiger partial charge in [0.1, 0.15) is 0 Å². The molecular formula is C13H28N2O3. The van der Waals surface area contributed by atoms with Gasteiger partial charge in [-0.05, 0) is 31.6 Å². The summed E-state index contributed by atoms with van der Waals surface area (Å²) in [6, 6.07) is -0.0890. The van der Waals surface area contributed by atoms with Gasteiger partial charge >= 0.3 is 0 Å². The largest absolute Gasteiger partial charge is 0.396 e. The van der Waals surface area contributed by atoms with Crippen LogP contribution in [0.25, 0.3) is 0 Å². The first-order chi connectivity index (χ1) is 8.39. The van der Waals surface area contributed by atoms with E-state index in [1.165, 1.54) is 0 Å². The lowest BCUT2D eigenvalue weighted by atomic mass is 9.78. The summed E-state index contributed by atoms with van der Waals surface area (Å²) in [6.45, 7) is 6.24. The number of carbonyl (C=O) groups excluding carboxylic acids is 1. The van der Waals surface area contributed by atoms with Gasteiger partial charge < -0.3 is 21.3 Å². The Morgan fingerprint density at radius 3 is 2.33 bits per heavy atom. The van der Waals surface area contributed by atoms with Crippen molar-refractivity contribution in [1.82, 2.24) is 5.32 Å². The number of nitrogens with two attached hydrogens (primary N) is 1. The van der Waals surface area contributed by atoms with Gasteiger partial charge in [-0.3, -0.25) is 4.79 Å². The van der Waals surface area contributed by atoms with E-state index in [0.717, 1.165) is 12.8 Å².